The largest absolute Gasteiger partial charge is 0.493 e. The molecule has 0 bridgehead atoms. The highest BCUT2D eigenvalue weighted by molar-refractivity contribution is 5.94. The van der Waals surface area contributed by atoms with E-state index in [1.807, 2.05) is 24.3 Å². The van der Waals surface area contributed by atoms with E-state index in [-0.39, 0.29) is 17.7 Å². The van der Waals surface area contributed by atoms with Crippen LogP contribution in [0, 0.1) is 5.41 Å². The van der Waals surface area contributed by atoms with Crippen molar-refractivity contribution in [2.24, 2.45) is 5.73 Å². The molecule has 0 amide bonds. The predicted octanol–water partition coefficient (Wildman–Crippen LogP) is 2.27. The van der Waals surface area contributed by atoms with Gasteiger partial charge in [-0.15, -0.1) is 9.78 Å². The number of aromatic nitrogens is 5. The van der Waals surface area contributed by atoms with E-state index < -0.39 is 11.7 Å². The highest BCUT2D eigenvalue weighted by atomic mass is 16.5. The van der Waals surface area contributed by atoms with E-state index in [2.05, 4.69) is 20.1 Å². The number of aliphatic carboxylic acids is 1. The average molecular weight is 548 g/mol. The van der Waals surface area contributed by atoms with Crippen LogP contribution in [0.1, 0.15) is 41.8 Å². The lowest BCUT2D eigenvalue weighted by molar-refractivity contribution is -0.134. The summed E-state index contributed by atoms with van der Waals surface area (Å²) in [6, 6.07) is 12.8. The van der Waals surface area contributed by atoms with Gasteiger partial charge in [0.05, 0.1) is 20.3 Å². The molecule has 0 saturated heterocycles. The number of methoxy groups -OCH3 is 1. The van der Waals surface area contributed by atoms with Gasteiger partial charge in [-0.05, 0) is 35.7 Å². The molecule has 3 heterocycles. The molecule has 1 aliphatic rings. The van der Waals surface area contributed by atoms with E-state index in [0.717, 1.165) is 29.2 Å². The van der Waals surface area contributed by atoms with Crippen LogP contribution in [0.15, 0.2) is 59.7 Å². The van der Waals surface area contributed by atoms with Crippen molar-refractivity contribution >= 4 is 11.8 Å². The van der Waals surface area contributed by atoms with Gasteiger partial charge in [-0.1, -0.05) is 24.3 Å². The van der Waals surface area contributed by atoms with E-state index in [0.29, 0.717) is 48.3 Å². The molecule has 0 saturated carbocycles. The number of aromatic amines is 1. The summed E-state index contributed by atoms with van der Waals surface area (Å²) in [6.07, 6.45) is 4.34. The van der Waals surface area contributed by atoms with E-state index in [4.69, 9.17) is 35.3 Å². The van der Waals surface area contributed by atoms with Crippen molar-refractivity contribution in [2.75, 3.05) is 20.3 Å². The summed E-state index contributed by atoms with van der Waals surface area (Å²) in [7, 11) is 1.58. The smallest absolute Gasteiger partial charge is 0.350 e. The normalized spacial score (nSPS) is 12.8. The molecule has 2 aromatic carbocycles. The third-order valence-electron chi connectivity index (χ3n) is 5.87. The topological polar surface area (TPSA) is 191 Å². The molecule has 5 rings (SSSR count). The summed E-state index contributed by atoms with van der Waals surface area (Å²) in [5, 5.41) is 19.6. The van der Waals surface area contributed by atoms with Crippen LogP contribution < -0.4 is 25.6 Å². The van der Waals surface area contributed by atoms with Crippen molar-refractivity contribution < 1.29 is 24.1 Å². The van der Waals surface area contributed by atoms with Crippen LogP contribution in [0.3, 0.4) is 0 Å². The molecular weight excluding hydrogens is 518 g/mol. The van der Waals surface area contributed by atoms with Crippen LogP contribution in [0.25, 0.3) is 5.95 Å². The molecule has 2 aromatic heterocycles. The van der Waals surface area contributed by atoms with Gasteiger partial charge in [0.15, 0.2) is 11.5 Å². The minimum Gasteiger partial charge on any atom is -0.493 e. The average Bonchev–Trinajstić information content (AvgIpc) is 3.16. The summed E-state index contributed by atoms with van der Waals surface area (Å²) in [5.74, 6) is 1.06. The number of hydrogen-bond donors (Lipinski definition) is 4. The predicted molar refractivity (Wildman–Crippen MR) is 145 cm³/mol. The molecule has 1 unspecified atom stereocenters. The fourth-order valence-electron chi connectivity index (χ4n) is 4.08. The van der Waals surface area contributed by atoms with Gasteiger partial charge in [0.2, 0.25) is 5.75 Å². The van der Waals surface area contributed by atoms with Crippen molar-refractivity contribution in [3.63, 3.8) is 0 Å². The number of amidine groups is 1. The molecule has 0 spiro atoms. The molecule has 0 aliphatic carbocycles. The number of ether oxygens (including phenoxy) is 3. The van der Waals surface area contributed by atoms with Crippen molar-refractivity contribution in [1.82, 2.24) is 24.7 Å². The molecule has 13 nitrogen and oxygen atoms in total. The number of hydrogen-bond acceptors (Lipinski definition) is 9. The Bertz CT molecular complexity index is 1530. The van der Waals surface area contributed by atoms with E-state index in [1.54, 1.807) is 37.7 Å². The Kier molecular flexibility index (Phi) is 8.74. The maximum atomic E-state index is 12.8. The first-order valence-corrected chi connectivity index (χ1v) is 12.3. The lowest BCUT2D eigenvalue weighted by Gasteiger charge is -2.19. The van der Waals surface area contributed by atoms with Gasteiger partial charge >= 0.3 is 5.69 Å². The lowest BCUT2D eigenvalue weighted by Crippen LogP contribution is -2.18. The third kappa shape index (κ3) is 6.62. The number of nitrogens with one attached hydrogen (secondary N) is 2. The fraction of sp³-hybridized carbons (Fsp3) is 0.259. The first kappa shape index (κ1) is 27.8. The highest BCUT2D eigenvalue weighted by Gasteiger charge is 2.26. The zero-order valence-electron chi connectivity index (χ0n) is 22.0. The van der Waals surface area contributed by atoms with Gasteiger partial charge in [0, 0.05) is 37.2 Å². The number of rotatable bonds is 7. The lowest BCUT2D eigenvalue weighted by atomic mass is 9.90. The second-order valence-corrected chi connectivity index (χ2v) is 8.76. The van der Waals surface area contributed by atoms with Gasteiger partial charge in [-0.25, -0.2) is 14.8 Å². The number of nitrogens with zero attached hydrogens (tertiary/aromatic N) is 4. The number of benzene rings is 2. The standard InChI is InChI=1S/C25H25N7O4.C2H4O2/c1-34-19-13-17(14-20-21(19)36-11-3-10-35-20)18(12-15-4-6-16(7-5-15)22(26)27)23-30-25(33)32(31-23)24-28-8-2-9-29-24;1-2(3)4/h2,4-9,13-14,18H,3,10-12H2,1H3,(H3,26,27)(H,30,31,33);1H3,(H,3,4). The fourth-order valence-corrected chi connectivity index (χ4v) is 4.08. The maximum Gasteiger partial charge on any atom is 0.350 e. The molecular formula is C27H29N7O6. The van der Waals surface area contributed by atoms with Crippen LogP contribution in [0.2, 0.25) is 0 Å². The number of H-pyrrole nitrogens is 1. The van der Waals surface area contributed by atoms with Crippen LogP contribution in [-0.2, 0) is 11.2 Å². The molecule has 1 atom stereocenters. The number of carbonyl (C=O) groups is 1. The van der Waals surface area contributed by atoms with Crippen molar-refractivity contribution in [3.05, 3.63) is 87.9 Å². The zero-order valence-corrected chi connectivity index (χ0v) is 22.0. The maximum absolute atomic E-state index is 12.8. The molecule has 4 aromatic rings. The molecule has 208 valence electrons. The van der Waals surface area contributed by atoms with Crippen molar-refractivity contribution in [1.29, 1.82) is 5.41 Å². The summed E-state index contributed by atoms with van der Waals surface area (Å²) < 4.78 is 18.6. The molecule has 0 fully saturated rings. The third-order valence-corrected chi connectivity index (χ3v) is 5.87. The molecule has 1 aliphatic heterocycles. The highest BCUT2D eigenvalue weighted by Crippen LogP contribution is 2.43. The quantitative estimate of drug-likeness (QED) is 0.197. The van der Waals surface area contributed by atoms with Gasteiger partial charge in [0.1, 0.15) is 11.7 Å². The Morgan fingerprint density at radius 3 is 2.52 bits per heavy atom. The molecule has 5 N–H and O–H groups in total. The number of carboxylic acids is 1. The summed E-state index contributed by atoms with van der Waals surface area (Å²) in [4.78, 5) is 33.0. The van der Waals surface area contributed by atoms with E-state index in [9.17, 15) is 4.79 Å². The molecule has 40 heavy (non-hydrogen) atoms. The van der Waals surface area contributed by atoms with E-state index in [1.165, 1.54) is 0 Å². The van der Waals surface area contributed by atoms with Crippen LogP contribution in [0.5, 0.6) is 17.2 Å². The summed E-state index contributed by atoms with van der Waals surface area (Å²) >= 11 is 0. The monoisotopic (exact) mass is 547 g/mol. The first-order chi connectivity index (χ1) is 19.3. The number of fused-ring (bicyclic) bond motifs is 1. The Morgan fingerprint density at radius 2 is 1.88 bits per heavy atom. The Balaban J connectivity index is 0.000000867. The van der Waals surface area contributed by atoms with Gasteiger partial charge in [-0.3, -0.25) is 15.2 Å². The summed E-state index contributed by atoms with van der Waals surface area (Å²) in [6.45, 7) is 2.14. The van der Waals surface area contributed by atoms with Crippen LogP contribution in [-0.4, -0.2) is 62.0 Å². The van der Waals surface area contributed by atoms with Gasteiger partial charge in [-0.2, -0.15) is 0 Å². The first-order valence-electron chi connectivity index (χ1n) is 12.3. The minimum atomic E-state index is -0.833. The van der Waals surface area contributed by atoms with Gasteiger partial charge in [0.25, 0.3) is 11.9 Å². The number of carboxylic acid groups (broad SMARTS) is 1. The number of nitrogen functional groups attached to an aromatic ring is 1. The molecule has 13 heteroatoms. The number of nitrogens with two attached hydrogens (primary N) is 1. The van der Waals surface area contributed by atoms with Crippen molar-refractivity contribution in [2.45, 2.75) is 25.7 Å². The van der Waals surface area contributed by atoms with Crippen molar-refractivity contribution in [3.8, 4) is 23.2 Å². The van der Waals surface area contributed by atoms with E-state index >= 15 is 0 Å². The Labute approximate surface area is 229 Å². The second-order valence-electron chi connectivity index (χ2n) is 8.76. The Hall–Kier alpha value is -5.20. The second kappa shape index (κ2) is 12.6. The summed E-state index contributed by atoms with van der Waals surface area (Å²) in [5.41, 5.74) is 7.57. The van der Waals surface area contributed by atoms with Gasteiger partial charge < -0.3 is 25.1 Å². The molecule has 0 radical (unpaired) electrons. The van der Waals surface area contributed by atoms with Crippen LogP contribution in [0.4, 0.5) is 0 Å². The SMILES string of the molecule is CC(=O)O.COc1cc(C(Cc2ccc(C(=N)N)cc2)c2nn(-c3ncccn3)c(=O)[nH]2)cc2c1OCCCO2. The Morgan fingerprint density at radius 1 is 1.20 bits per heavy atom. The zero-order chi connectivity index (χ0) is 28.6. The minimum absolute atomic E-state index is 0.00308. The van der Waals surface area contributed by atoms with Crippen LogP contribution >= 0.6 is 0 Å².